The predicted octanol–water partition coefficient (Wildman–Crippen LogP) is 1.92. The quantitative estimate of drug-likeness (QED) is 0.836. The van der Waals surface area contributed by atoms with E-state index in [2.05, 4.69) is 19.2 Å². The van der Waals surface area contributed by atoms with Gasteiger partial charge in [0.1, 0.15) is 6.54 Å². The van der Waals surface area contributed by atoms with Crippen LogP contribution in [0.5, 0.6) is 0 Å². The maximum atomic E-state index is 11.9. The number of nitrogens with zero attached hydrogens (tertiary/aromatic N) is 1. The number of rotatable bonds is 7. The van der Waals surface area contributed by atoms with Gasteiger partial charge in [0.05, 0.1) is 11.9 Å². The van der Waals surface area contributed by atoms with Crippen LogP contribution in [0.3, 0.4) is 0 Å². The van der Waals surface area contributed by atoms with Gasteiger partial charge in [-0.2, -0.15) is 0 Å². The van der Waals surface area contributed by atoms with E-state index >= 15 is 0 Å². The fourth-order valence-electron chi connectivity index (χ4n) is 1.91. The molecule has 1 N–H and O–H groups in total. The second-order valence-corrected chi connectivity index (χ2v) is 7.50. The minimum Gasteiger partial charge on any atom is -0.355 e. The Hall–Kier alpha value is -1.56. The molecule has 1 aromatic carbocycles. The molecule has 0 bridgehead atoms. The summed E-state index contributed by atoms with van der Waals surface area (Å²) in [5.74, 6) is 0.206. The van der Waals surface area contributed by atoms with Crippen molar-refractivity contribution in [3.05, 3.63) is 29.8 Å². The fraction of sp³-hybridized carbons (Fsp3) is 0.533. The first-order valence-electron chi connectivity index (χ1n) is 7.02. The van der Waals surface area contributed by atoms with E-state index in [0.717, 1.165) is 22.5 Å². The topological polar surface area (TPSA) is 66.5 Å². The van der Waals surface area contributed by atoms with Crippen molar-refractivity contribution in [2.45, 2.75) is 27.2 Å². The zero-order valence-electron chi connectivity index (χ0n) is 13.1. The average Bonchev–Trinajstić information content (AvgIpc) is 2.35. The van der Waals surface area contributed by atoms with Gasteiger partial charge in [-0.05, 0) is 30.9 Å². The van der Waals surface area contributed by atoms with Crippen molar-refractivity contribution in [1.82, 2.24) is 5.32 Å². The molecule has 0 atom stereocenters. The molecule has 21 heavy (non-hydrogen) atoms. The molecule has 0 aliphatic carbocycles. The van der Waals surface area contributed by atoms with Crippen molar-refractivity contribution in [2.24, 2.45) is 5.92 Å². The number of benzene rings is 1. The summed E-state index contributed by atoms with van der Waals surface area (Å²) in [5.41, 5.74) is 1.36. The molecule has 0 aromatic heterocycles. The lowest BCUT2D eigenvalue weighted by Crippen LogP contribution is -2.41. The third kappa shape index (κ3) is 5.75. The predicted molar refractivity (Wildman–Crippen MR) is 85.8 cm³/mol. The number of carbonyl (C=O) groups excluding carboxylic acids is 1. The van der Waals surface area contributed by atoms with Gasteiger partial charge in [-0.25, -0.2) is 8.42 Å². The Bertz CT molecular complexity index is 582. The van der Waals surface area contributed by atoms with Crippen LogP contribution in [0, 0.1) is 12.8 Å². The van der Waals surface area contributed by atoms with E-state index in [1.54, 1.807) is 12.1 Å². The molecular formula is C15H24N2O3S. The zero-order valence-corrected chi connectivity index (χ0v) is 13.9. The van der Waals surface area contributed by atoms with Gasteiger partial charge in [-0.3, -0.25) is 9.10 Å². The summed E-state index contributed by atoms with van der Waals surface area (Å²) < 4.78 is 25.0. The third-order valence-electron chi connectivity index (χ3n) is 3.12. The highest BCUT2D eigenvalue weighted by Crippen LogP contribution is 2.21. The first kappa shape index (κ1) is 17.5. The highest BCUT2D eigenvalue weighted by molar-refractivity contribution is 7.92. The second-order valence-electron chi connectivity index (χ2n) is 5.59. The smallest absolute Gasteiger partial charge is 0.240 e. The number of hydrogen-bond donors (Lipinski definition) is 1. The fourth-order valence-corrected chi connectivity index (χ4v) is 2.82. The molecule has 0 aliphatic heterocycles. The molecule has 118 valence electrons. The highest BCUT2D eigenvalue weighted by Gasteiger charge is 2.21. The van der Waals surface area contributed by atoms with Crippen LogP contribution in [0.25, 0.3) is 0 Å². The molecule has 0 heterocycles. The lowest BCUT2D eigenvalue weighted by molar-refractivity contribution is -0.119. The summed E-state index contributed by atoms with van der Waals surface area (Å²) >= 11 is 0. The van der Waals surface area contributed by atoms with Crippen molar-refractivity contribution in [3.63, 3.8) is 0 Å². The van der Waals surface area contributed by atoms with Crippen molar-refractivity contribution in [3.8, 4) is 0 Å². The molecule has 0 saturated heterocycles. The Morgan fingerprint density at radius 2 is 1.90 bits per heavy atom. The van der Waals surface area contributed by atoms with Crippen LogP contribution in [-0.2, 0) is 14.8 Å². The van der Waals surface area contributed by atoms with Gasteiger partial charge in [0.2, 0.25) is 15.9 Å². The molecule has 0 aliphatic rings. The number of anilines is 1. The summed E-state index contributed by atoms with van der Waals surface area (Å²) in [5, 5.41) is 2.76. The molecule has 1 rings (SSSR count). The van der Waals surface area contributed by atoms with Crippen molar-refractivity contribution in [2.75, 3.05) is 23.7 Å². The third-order valence-corrected chi connectivity index (χ3v) is 4.24. The number of hydrogen-bond acceptors (Lipinski definition) is 3. The normalized spacial score (nSPS) is 11.5. The largest absolute Gasteiger partial charge is 0.355 e. The van der Waals surface area contributed by atoms with Gasteiger partial charge < -0.3 is 5.32 Å². The van der Waals surface area contributed by atoms with Gasteiger partial charge in [-0.1, -0.05) is 32.0 Å². The van der Waals surface area contributed by atoms with Gasteiger partial charge in [0.15, 0.2) is 0 Å². The summed E-state index contributed by atoms with van der Waals surface area (Å²) in [7, 11) is -3.50. The summed E-state index contributed by atoms with van der Waals surface area (Å²) in [4.78, 5) is 11.9. The van der Waals surface area contributed by atoms with Gasteiger partial charge >= 0.3 is 0 Å². The molecular weight excluding hydrogens is 288 g/mol. The van der Waals surface area contributed by atoms with Crippen molar-refractivity contribution >= 4 is 21.6 Å². The average molecular weight is 312 g/mol. The zero-order chi connectivity index (χ0) is 16.0. The van der Waals surface area contributed by atoms with Crippen molar-refractivity contribution < 1.29 is 13.2 Å². The van der Waals surface area contributed by atoms with Crippen LogP contribution < -0.4 is 9.62 Å². The SMILES string of the molecule is Cc1ccccc1N(CC(=O)NCCC(C)C)S(C)(=O)=O. The Morgan fingerprint density at radius 3 is 2.43 bits per heavy atom. The second kappa shape index (κ2) is 7.45. The molecule has 6 heteroatoms. The molecule has 1 aromatic rings. The van der Waals surface area contributed by atoms with Gasteiger partial charge in [-0.15, -0.1) is 0 Å². The van der Waals surface area contributed by atoms with Crippen LogP contribution in [0.4, 0.5) is 5.69 Å². The van der Waals surface area contributed by atoms with Crippen LogP contribution in [0.15, 0.2) is 24.3 Å². The van der Waals surface area contributed by atoms with Crippen LogP contribution in [-0.4, -0.2) is 33.7 Å². The van der Waals surface area contributed by atoms with E-state index in [-0.39, 0.29) is 12.5 Å². The van der Waals surface area contributed by atoms with E-state index in [4.69, 9.17) is 0 Å². The van der Waals surface area contributed by atoms with Crippen molar-refractivity contribution in [1.29, 1.82) is 0 Å². The molecule has 0 fully saturated rings. The number of para-hydroxylation sites is 1. The standard InChI is InChI=1S/C15H24N2O3S/c1-12(2)9-10-16-15(18)11-17(21(4,19)20)14-8-6-5-7-13(14)3/h5-8,12H,9-11H2,1-4H3,(H,16,18). The van der Waals surface area contributed by atoms with Crippen LogP contribution >= 0.6 is 0 Å². The number of amides is 1. The van der Waals surface area contributed by atoms with E-state index in [1.165, 1.54) is 0 Å². The first-order valence-corrected chi connectivity index (χ1v) is 8.86. The highest BCUT2D eigenvalue weighted by atomic mass is 32.2. The lowest BCUT2D eigenvalue weighted by atomic mass is 10.1. The maximum absolute atomic E-state index is 11.9. The molecule has 0 unspecified atom stereocenters. The van der Waals surface area contributed by atoms with Gasteiger partial charge in [0, 0.05) is 6.54 Å². The summed E-state index contributed by atoms with van der Waals surface area (Å²) in [6, 6.07) is 7.13. The monoisotopic (exact) mass is 312 g/mol. The Kier molecular flexibility index (Phi) is 6.20. The molecule has 0 saturated carbocycles. The molecule has 0 spiro atoms. The molecule has 5 nitrogen and oxygen atoms in total. The summed E-state index contributed by atoms with van der Waals surface area (Å²) in [6.45, 7) is 6.33. The van der Waals surface area contributed by atoms with Crippen LogP contribution in [0.1, 0.15) is 25.8 Å². The number of aryl methyl sites for hydroxylation is 1. The Labute approximate surface area is 127 Å². The Morgan fingerprint density at radius 1 is 1.29 bits per heavy atom. The van der Waals surface area contributed by atoms with Gasteiger partial charge in [0.25, 0.3) is 0 Å². The minimum absolute atomic E-state index is 0.193. The van der Waals surface area contributed by atoms with Crippen LogP contribution in [0.2, 0.25) is 0 Å². The number of nitrogens with one attached hydrogen (secondary N) is 1. The van der Waals surface area contributed by atoms with E-state index in [0.29, 0.717) is 18.2 Å². The number of sulfonamides is 1. The Balaban J connectivity index is 2.82. The molecule has 0 radical (unpaired) electrons. The van der Waals surface area contributed by atoms with E-state index in [9.17, 15) is 13.2 Å². The lowest BCUT2D eigenvalue weighted by Gasteiger charge is -2.23. The number of carbonyl (C=O) groups is 1. The summed E-state index contributed by atoms with van der Waals surface area (Å²) in [6.07, 6.45) is 1.98. The maximum Gasteiger partial charge on any atom is 0.240 e. The first-order chi connectivity index (χ1) is 9.71. The minimum atomic E-state index is -3.50. The van der Waals surface area contributed by atoms with E-state index < -0.39 is 10.0 Å². The van der Waals surface area contributed by atoms with E-state index in [1.807, 2.05) is 19.1 Å². The molecule has 1 amide bonds.